The smallest absolute Gasteiger partial charge is 0.312 e. The zero-order valence-corrected chi connectivity index (χ0v) is 13.3. The molecule has 0 radical (unpaired) electrons. The molecule has 0 aliphatic carbocycles. The number of halogens is 1. The Bertz CT molecular complexity index is 528. The first-order valence-electron chi connectivity index (χ1n) is 5.98. The van der Waals surface area contributed by atoms with Crippen LogP contribution in [0.1, 0.15) is 27.7 Å². The van der Waals surface area contributed by atoms with Crippen LogP contribution in [0.4, 0.5) is 11.5 Å². The summed E-state index contributed by atoms with van der Waals surface area (Å²) in [5.74, 6) is -0.189. The minimum Gasteiger partial charge on any atom is -0.353 e. The van der Waals surface area contributed by atoms with Crippen LogP contribution in [0.2, 0.25) is 0 Å². The molecule has 0 aromatic carbocycles. The molecule has 1 aromatic heterocycles. The van der Waals surface area contributed by atoms with Gasteiger partial charge in [0, 0.05) is 22.3 Å². The lowest BCUT2D eigenvalue weighted by Crippen LogP contribution is -2.47. The summed E-state index contributed by atoms with van der Waals surface area (Å²) < 4.78 is 0.501. The Morgan fingerprint density at radius 1 is 1.50 bits per heavy atom. The van der Waals surface area contributed by atoms with Gasteiger partial charge in [-0.1, -0.05) is 0 Å². The zero-order chi connectivity index (χ0) is 15.5. The van der Waals surface area contributed by atoms with E-state index in [-0.39, 0.29) is 23.0 Å². The van der Waals surface area contributed by atoms with Gasteiger partial charge in [-0.2, -0.15) is 0 Å². The van der Waals surface area contributed by atoms with Crippen molar-refractivity contribution in [3.63, 3.8) is 0 Å². The molecule has 0 spiro atoms. The number of rotatable bonds is 4. The third-order valence-corrected chi connectivity index (χ3v) is 2.71. The SMILES string of the molecule is CC(Nc1ncc(Br)cc1[N+](=O)[O-])C(=O)NC(C)(C)C. The van der Waals surface area contributed by atoms with Crippen molar-refractivity contribution >= 4 is 33.3 Å². The molecule has 0 aliphatic rings. The van der Waals surface area contributed by atoms with Crippen molar-refractivity contribution in [3.05, 3.63) is 26.9 Å². The van der Waals surface area contributed by atoms with Crippen LogP contribution < -0.4 is 10.6 Å². The summed E-state index contributed by atoms with van der Waals surface area (Å²) in [7, 11) is 0. The van der Waals surface area contributed by atoms with Crippen LogP contribution in [-0.2, 0) is 4.79 Å². The van der Waals surface area contributed by atoms with Gasteiger partial charge in [0.05, 0.1) is 4.92 Å². The lowest BCUT2D eigenvalue weighted by Gasteiger charge is -2.23. The van der Waals surface area contributed by atoms with Crippen LogP contribution >= 0.6 is 15.9 Å². The standard InChI is InChI=1S/C12H17BrN4O3/c1-7(11(18)16-12(2,3)4)15-10-9(17(19)20)5-8(13)6-14-10/h5-7H,1-4H3,(H,14,15)(H,16,18). The Labute approximate surface area is 125 Å². The van der Waals surface area contributed by atoms with Crippen LogP contribution in [0.5, 0.6) is 0 Å². The average Bonchev–Trinajstić information content (AvgIpc) is 2.28. The number of carbonyl (C=O) groups is 1. The van der Waals surface area contributed by atoms with Crippen molar-refractivity contribution in [2.75, 3.05) is 5.32 Å². The van der Waals surface area contributed by atoms with E-state index in [1.54, 1.807) is 6.92 Å². The molecule has 7 nitrogen and oxygen atoms in total. The van der Waals surface area contributed by atoms with E-state index in [2.05, 4.69) is 31.5 Å². The molecule has 110 valence electrons. The van der Waals surface area contributed by atoms with Crippen molar-refractivity contribution < 1.29 is 9.72 Å². The molecule has 8 heteroatoms. The Kier molecular flexibility index (Phi) is 5.04. The molecule has 1 unspecified atom stereocenters. The van der Waals surface area contributed by atoms with Crippen LogP contribution in [0.3, 0.4) is 0 Å². The fourth-order valence-electron chi connectivity index (χ4n) is 1.43. The van der Waals surface area contributed by atoms with Crippen LogP contribution in [0.15, 0.2) is 16.7 Å². The molecule has 1 amide bonds. The Morgan fingerprint density at radius 3 is 2.60 bits per heavy atom. The summed E-state index contributed by atoms with van der Waals surface area (Å²) in [5.41, 5.74) is -0.554. The van der Waals surface area contributed by atoms with Gasteiger partial charge in [-0.15, -0.1) is 0 Å². The van der Waals surface area contributed by atoms with Crippen molar-refractivity contribution in [1.29, 1.82) is 0 Å². The fourth-order valence-corrected chi connectivity index (χ4v) is 1.75. The Hall–Kier alpha value is -1.70. The van der Waals surface area contributed by atoms with Gasteiger partial charge < -0.3 is 10.6 Å². The number of nitrogens with one attached hydrogen (secondary N) is 2. The monoisotopic (exact) mass is 344 g/mol. The predicted octanol–water partition coefficient (Wildman–Crippen LogP) is 2.47. The lowest BCUT2D eigenvalue weighted by atomic mass is 10.1. The number of anilines is 1. The van der Waals surface area contributed by atoms with Gasteiger partial charge in [0.15, 0.2) is 0 Å². The number of amides is 1. The van der Waals surface area contributed by atoms with E-state index in [0.29, 0.717) is 4.47 Å². The molecule has 1 atom stereocenters. The quantitative estimate of drug-likeness (QED) is 0.645. The van der Waals surface area contributed by atoms with E-state index in [1.807, 2.05) is 20.8 Å². The largest absolute Gasteiger partial charge is 0.353 e. The van der Waals surface area contributed by atoms with Gasteiger partial charge >= 0.3 is 5.69 Å². The lowest BCUT2D eigenvalue weighted by molar-refractivity contribution is -0.384. The highest BCUT2D eigenvalue weighted by atomic mass is 79.9. The first kappa shape index (κ1) is 16.4. The van der Waals surface area contributed by atoms with Crippen molar-refractivity contribution in [1.82, 2.24) is 10.3 Å². The number of nitro groups is 1. The minimum atomic E-state index is -0.637. The molecule has 1 rings (SSSR count). The number of hydrogen-bond acceptors (Lipinski definition) is 5. The summed E-state index contributed by atoms with van der Waals surface area (Å²) in [6.07, 6.45) is 1.43. The van der Waals surface area contributed by atoms with E-state index in [0.717, 1.165) is 0 Å². The van der Waals surface area contributed by atoms with E-state index in [4.69, 9.17) is 0 Å². The number of hydrogen-bond donors (Lipinski definition) is 2. The number of pyridine rings is 1. The molecule has 0 saturated heterocycles. The molecule has 0 bridgehead atoms. The van der Waals surface area contributed by atoms with Gasteiger partial charge in [0.25, 0.3) is 0 Å². The van der Waals surface area contributed by atoms with Crippen LogP contribution in [0, 0.1) is 10.1 Å². The molecule has 2 N–H and O–H groups in total. The van der Waals surface area contributed by atoms with Crippen molar-refractivity contribution in [2.45, 2.75) is 39.3 Å². The van der Waals surface area contributed by atoms with Crippen molar-refractivity contribution in [2.24, 2.45) is 0 Å². The number of nitrogens with zero attached hydrogens (tertiary/aromatic N) is 2. The average molecular weight is 345 g/mol. The Balaban J connectivity index is 2.88. The number of carbonyl (C=O) groups excluding carboxylic acids is 1. The van der Waals surface area contributed by atoms with Gasteiger partial charge in [-0.05, 0) is 43.6 Å². The molecule has 0 fully saturated rings. The van der Waals surface area contributed by atoms with Gasteiger partial charge in [0.2, 0.25) is 11.7 Å². The van der Waals surface area contributed by atoms with Gasteiger partial charge in [-0.3, -0.25) is 14.9 Å². The van der Waals surface area contributed by atoms with E-state index in [9.17, 15) is 14.9 Å². The van der Waals surface area contributed by atoms with E-state index in [1.165, 1.54) is 12.3 Å². The Morgan fingerprint density at radius 2 is 2.10 bits per heavy atom. The highest BCUT2D eigenvalue weighted by molar-refractivity contribution is 9.10. The molecule has 1 aromatic rings. The molecular weight excluding hydrogens is 328 g/mol. The van der Waals surface area contributed by atoms with Gasteiger partial charge in [-0.25, -0.2) is 4.98 Å². The summed E-state index contributed by atoms with van der Waals surface area (Å²) >= 11 is 3.13. The first-order valence-corrected chi connectivity index (χ1v) is 6.78. The van der Waals surface area contributed by atoms with Crippen LogP contribution in [0.25, 0.3) is 0 Å². The van der Waals surface area contributed by atoms with Crippen LogP contribution in [-0.4, -0.2) is 27.4 Å². The maximum absolute atomic E-state index is 11.9. The highest BCUT2D eigenvalue weighted by Crippen LogP contribution is 2.25. The van der Waals surface area contributed by atoms with E-state index >= 15 is 0 Å². The molecule has 0 saturated carbocycles. The molecule has 0 aliphatic heterocycles. The normalized spacial score (nSPS) is 12.7. The third kappa shape index (κ3) is 4.76. The maximum Gasteiger partial charge on any atom is 0.312 e. The third-order valence-electron chi connectivity index (χ3n) is 2.28. The highest BCUT2D eigenvalue weighted by Gasteiger charge is 2.23. The second kappa shape index (κ2) is 6.17. The second-order valence-corrected chi connectivity index (χ2v) is 6.30. The fraction of sp³-hybridized carbons (Fsp3) is 0.500. The van der Waals surface area contributed by atoms with Gasteiger partial charge in [0.1, 0.15) is 6.04 Å². The molecular formula is C12H17BrN4O3. The first-order chi connectivity index (χ1) is 9.10. The molecule has 20 heavy (non-hydrogen) atoms. The molecule has 1 heterocycles. The topological polar surface area (TPSA) is 97.2 Å². The number of aromatic nitrogens is 1. The second-order valence-electron chi connectivity index (χ2n) is 5.38. The minimum absolute atomic E-state index is 0.0646. The predicted molar refractivity (Wildman–Crippen MR) is 79.6 cm³/mol. The summed E-state index contributed by atoms with van der Waals surface area (Å²) in [5, 5.41) is 16.5. The summed E-state index contributed by atoms with van der Waals surface area (Å²) in [4.78, 5) is 26.3. The zero-order valence-electron chi connectivity index (χ0n) is 11.7. The maximum atomic E-state index is 11.9. The van der Waals surface area contributed by atoms with E-state index < -0.39 is 11.0 Å². The summed E-state index contributed by atoms with van der Waals surface area (Å²) in [6.45, 7) is 7.20. The summed E-state index contributed by atoms with van der Waals surface area (Å²) in [6, 6.07) is 0.700. The van der Waals surface area contributed by atoms with Crippen molar-refractivity contribution in [3.8, 4) is 0 Å².